The lowest BCUT2D eigenvalue weighted by molar-refractivity contribution is -0.145. The highest BCUT2D eigenvalue weighted by Crippen LogP contribution is 2.24. The van der Waals surface area contributed by atoms with Crippen LogP contribution in [-0.4, -0.2) is 39.1 Å². The van der Waals surface area contributed by atoms with Crippen LogP contribution >= 0.6 is 0 Å². The number of nitrogens with one attached hydrogen (secondary N) is 1. The number of fused-ring (bicyclic) bond motifs is 1. The van der Waals surface area contributed by atoms with Gasteiger partial charge < -0.3 is 19.7 Å². The normalized spacial score (nSPS) is 12.1. The van der Waals surface area contributed by atoms with Gasteiger partial charge in [-0.3, -0.25) is 4.79 Å². The minimum Gasteiger partial charge on any atom is -0.479 e. The molecule has 1 aromatic heterocycles. The summed E-state index contributed by atoms with van der Waals surface area (Å²) in [4.78, 5) is 28.1. The number of rotatable bonds is 14. The molecule has 188 valence electrons. The van der Waals surface area contributed by atoms with Crippen molar-refractivity contribution in [1.29, 1.82) is 0 Å². The van der Waals surface area contributed by atoms with E-state index in [9.17, 15) is 14.7 Å². The topological polar surface area (TPSA) is 93.5 Å². The van der Waals surface area contributed by atoms with Crippen LogP contribution in [0.1, 0.15) is 64.8 Å². The molecule has 0 spiro atoms. The van der Waals surface area contributed by atoms with Crippen LogP contribution in [0.5, 0.6) is 5.75 Å². The maximum Gasteiger partial charge on any atom is 0.344 e. The summed E-state index contributed by atoms with van der Waals surface area (Å²) in [5, 5.41) is 12.6. The predicted octanol–water partition coefficient (Wildman–Crippen LogP) is 5.70. The summed E-state index contributed by atoms with van der Waals surface area (Å²) < 4.78 is 7.97. The summed E-state index contributed by atoms with van der Waals surface area (Å²) in [6.45, 7) is 8.98. The van der Waals surface area contributed by atoms with Crippen LogP contribution < -0.4 is 10.1 Å². The SMILES string of the molecule is CCCCc1nc2cc(NCC(=O)CC)ccc2n1Cc1ccc(OC(CC(C)C)C(=O)O)cc1. The lowest BCUT2D eigenvalue weighted by atomic mass is 10.1. The lowest BCUT2D eigenvalue weighted by Crippen LogP contribution is -2.28. The molecule has 0 aliphatic heterocycles. The number of carbonyl (C=O) groups excluding carboxylic acids is 1. The molecular formula is C28H37N3O4. The average molecular weight is 480 g/mol. The third-order valence-corrected chi connectivity index (χ3v) is 5.97. The van der Waals surface area contributed by atoms with Gasteiger partial charge in [0.1, 0.15) is 11.6 Å². The van der Waals surface area contributed by atoms with Gasteiger partial charge in [0.05, 0.1) is 17.6 Å². The first-order valence-electron chi connectivity index (χ1n) is 12.5. The Labute approximate surface area is 207 Å². The summed E-state index contributed by atoms with van der Waals surface area (Å²) in [6, 6.07) is 13.7. The number of ether oxygens (including phenoxy) is 1. The zero-order valence-electron chi connectivity index (χ0n) is 21.2. The molecule has 2 aromatic carbocycles. The van der Waals surface area contributed by atoms with Crippen molar-refractivity contribution in [2.24, 2.45) is 5.92 Å². The second-order valence-electron chi connectivity index (χ2n) is 9.39. The first-order chi connectivity index (χ1) is 16.8. The smallest absolute Gasteiger partial charge is 0.344 e. The van der Waals surface area contributed by atoms with Crippen LogP contribution in [0.25, 0.3) is 11.0 Å². The van der Waals surface area contributed by atoms with Crippen LogP contribution in [0.15, 0.2) is 42.5 Å². The monoisotopic (exact) mass is 479 g/mol. The number of aliphatic carboxylic acids is 1. The first-order valence-corrected chi connectivity index (χ1v) is 12.5. The first kappa shape index (κ1) is 26.3. The number of hydrogen-bond donors (Lipinski definition) is 2. The van der Waals surface area contributed by atoms with Crippen LogP contribution in [-0.2, 0) is 22.6 Å². The van der Waals surface area contributed by atoms with Crippen molar-refractivity contribution in [2.45, 2.75) is 72.4 Å². The molecule has 0 radical (unpaired) electrons. The van der Waals surface area contributed by atoms with E-state index in [-0.39, 0.29) is 11.7 Å². The highest BCUT2D eigenvalue weighted by atomic mass is 16.5. The van der Waals surface area contributed by atoms with E-state index < -0.39 is 12.1 Å². The number of imidazole rings is 1. The van der Waals surface area contributed by atoms with Crippen molar-refractivity contribution in [1.82, 2.24) is 9.55 Å². The van der Waals surface area contributed by atoms with Gasteiger partial charge in [-0.05, 0) is 54.7 Å². The number of unbranched alkanes of at least 4 members (excludes halogenated alkanes) is 1. The number of nitrogens with zero attached hydrogens (tertiary/aromatic N) is 2. The van der Waals surface area contributed by atoms with Gasteiger partial charge in [-0.1, -0.05) is 46.2 Å². The molecule has 0 bridgehead atoms. The number of aromatic nitrogens is 2. The number of benzene rings is 2. The molecule has 0 amide bonds. The Morgan fingerprint density at radius 2 is 1.86 bits per heavy atom. The fourth-order valence-electron chi connectivity index (χ4n) is 3.97. The van der Waals surface area contributed by atoms with Crippen LogP contribution in [0.3, 0.4) is 0 Å². The number of carboxylic acids is 1. The third-order valence-electron chi connectivity index (χ3n) is 5.97. The van der Waals surface area contributed by atoms with E-state index >= 15 is 0 Å². The molecule has 7 heteroatoms. The number of anilines is 1. The molecule has 1 atom stereocenters. The summed E-state index contributed by atoms with van der Waals surface area (Å²) >= 11 is 0. The third kappa shape index (κ3) is 7.31. The standard InChI is InChI=1S/C28H37N3O4/c1-5-7-8-27-30-24-16-21(29-17-22(32)6-2)11-14-25(24)31(27)18-20-9-12-23(13-10-20)35-26(28(33)34)15-19(3)4/h9-14,16,19,26,29H,5-8,15,17-18H2,1-4H3,(H,33,34). The van der Waals surface area contributed by atoms with E-state index in [0.717, 1.165) is 47.4 Å². The number of ketones is 1. The Balaban J connectivity index is 1.80. The second kappa shape index (κ2) is 12.4. The summed E-state index contributed by atoms with van der Waals surface area (Å²) in [6.07, 6.45) is 3.15. The fraction of sp³-hybridized carbons (Fsp3) is 0.464. The molecule has 7 nitrogen and oxygen atoms in total. The molecule has 35 heavy (non-hydrogen) atoms. The van der Waals surface area contributed by atoms with E-state index in [1.54, 1.807) is 0 Å². The van der Waals surface area contributed by atoms with Gasteiger partial charge >= 0.3 is 5.97 Å². The van der Waals surface area contributed by atoms with Gasteiger partial charge in [-0.15, -0.1) is 0 Å². The van der Waals surface area contributed by atoms with E-state index in [1.165, 1.54) is 0 Å². The quantitative estimate of drug-likeness (QED) is 0.308. The zero-order chi connectivity index (χ0) is 25.4. The summed E-state index contributed by atoms with van der Waals surface area (Å²) in [5.74, 6) is 1.05. The number of hydrogen-bond acceptors (Lipinski definition) is 5. The maximum atomic E-state index is 11.7. The number of aryl methyl sites for hydroxylation is 1. The fourth-order valence-corrected chi connectivity index (χ4v) is 3.97. The van der Waals surface area contributed by atoms with E-state index in [0.29, 0.717) is 31.7 Å². The van der Waals surface area contributed by atoms with Gasteiger partial charge in [0.15, 0.2) is 11.9 Å². The van der Waals surface area contributed by atoms with Gasteiger partial charge in [-0.25, -0.2) is 9.78 Å². The average Bonchev–Trinajstić information content (AvgIpc) is 3.17. The van der Waals surface area contributed by atoms with Gasteiger partial charge in [-0.2, -0.15) is 0 Å². The molecular weight excluding hydrogens is 442 g/mol. The van der Waals surface area contributed by atoms with Gasteiger partial charge in [0.25, 0.3) is 0 Å². The molecule has 0 saturated heterocycles. The van der Waals surface area contributed by atoms with Crippen molar-refractivity contribution in [3.05, 3.63) is 53.9 Å². The van der Waals surface area contributed by atoms with Crippen molar-refractivity contribution >= 4 is 28.5 Å². The zero-order valence-corrected chi connectivity index (χ0v) is 21.2. The molecule has 0 fully saturated rings. The van der Waals surface area contributed by atoms with Crippen LogP contribution in [0.2, 0.25) is 0 Å². The number of Topliss-reactive ketones (excluding diaryl/α,β-unsaturated/α-hetero) is 1. The van der Waals surface area contributed by atoms with Crippen LogP contribution in [0.4, 0.5) is 5.69 Å². The largest absolute Gasteiger partial charge is 0.479 e. The minimum atomic E-state index is -0.943. The van der Waals surface area contributed by atoms with Crippen molar-refractivity contribution in [3.63, 3.8) is 0 Å². The van der Waals surface area contributed by atoms with Gasteiger partial charge in [0.2, 0.25) is 0 Å². The van der Waals surface area contributed by atoms with Crippen LogP contribution in [0, 0.1) is 5.92 Å². The Morgan fingerprint density at radius 3 is 2.49 bits per heavy atom. The van der Waals surface area contributed by atoms with Crippen molar-refractivity contribution < 1.29 is 19.4 Å². The Kier molecular flexibility index (Phi) is 9.29. The van der Waals surface area contributed by atoms with E-state index in [4.69, 9.17) is 9.72 Å². The van der Waals surface area contributed by atoms with Crippen molar-refractivity contribution in [3.8, 4) is 5.75 Å². The highest BCUT2D eigenvalue weighted by Gasteiger charge is 2.21. The minimum absolute atomic E-state index is 0.172. The highest BCUT2D eigenvalue weighted by molar-refractivity contribution is 5.84. The van der Waals surface area contributed by atoms with Gasteiger partial charge in [0, 0.05) is 25.1 Å². The molecule has 1 heterocycles. The van der Waals surface area contributed by atoms with E-state index in [1.807, 2.05) is 57.2 Å². The Morgan fingerprint density at radius 1 is 1.11 bits per heavy atom. The number of carbonyl (C=O) groups is 2. The Bertz CT molecular complexity index is 1140. The Hall–Kier alpha value is -3.35. The molecule has 0 saturated carbocycles. The summed E-state index contributed by atoms with van der Waals surface area (Å²) in [7, 11) is 0. The maximum absolute atomic E-state index is 11.7. The lowest BCUT2D eigenvalue weighted by Gasteiger charge is -2.17. The van der Waals surface area contributed by atoms with E-state index in [2.05, 4.69) is 22.9 Å². The molecule has 0 aliphatic carbocycles. The molecule has 2 N–H and O–H groups in total. The molecule has 3 rings (SSSR count). The molecule has 0 aliphatic rings. The molecule has 1 unspecified atom stereocenters. The second-order valence-corrected chi connectivity index (χ2v) is 9.39. The molecule has 3 aromatic rings. The predicted molar refractivity (Wildman–Crippen MR) is 139 cm³/mol. The summed E-state index contributed by atoms with van der Waals surface area (Å²) in [5.41, 5.74) is 3.93. The number of carboxylic acid groups (broad SMARTS) is 1. The van der Waals surface area contributed by atoms with Crippen molar-refractivity contribution in [2.75, 3.05) is 11.9 Å².